The van der Waals surface area contributed by atoms with Crippen molar-refractivity contribution >= 4 is 17.7 Å². The number of hydrogen-bond acceptors (Lipinski definition) is 2. The molecule has 0 spiro atoms. The maximum atomic E-state index is 13.7. The number of nitrogens with zero attached hydrogens (tertiary/aromatic N) is 2. The number of halogens is 2. The molecule has 0 aliphatic heterocycles. The van der Waals surface area contributed by atoms with Crippen LogP contribution >= 0.6 is 0 Å². The van der Waals surface area contributed by atoms with Crippen LogP contribution in [0, 0.1) is 42.7 Å². The van der Waals surface area contributed by atoms with E-state index in [4.69, 9.17) is 0 Å². The van der Waals surface area contributed by atoms with Gasteiger partial charge in [-0.05, 0) is 49.6 Å². The first kappa shape index (κ1) is 19.4. The first-order valence-corrected chi connectivity index (χ1v) is 8.28. The van der Waals surface area contributed by atoms with Gasteiger partial charge in [-0.1, -0.05) is 19.9 Å². The maximum absolute atomic E-state index is 13.7. The Morgan fingerprint density at radius 2 is 1.92 bits per heavy atom. The lowest BCUT2D eigenvalue weighted by atomic mass is 10.1. The number of amides is 1. The lowest BCUT2D eigenvalue weighted by Gasteiger charge is -2.12. The quantitative estimate of drug-likeness (QED) is 0.629. The summed E-state index contributed by atoms with van der Waals surface area (Å²) < 4.78 is 29.5. The Kier molecular flexibility index (Phi) is 5.93. The van der Waals surface area contributed by atoms with E-state index in [1.807, 2.05) is 19.9 Å². The lowest BCUT2D eigenvalue weighted by Crippen LogP contribution is -2.15. The molecule has 1 aromatic heterocycles. The lowest BCUT2D eigenvalue weighted by molar-refractivity contribution is -0.112. The third-order valence-corrected chi connectivity index (χ3v) is 4.03. The predicted octanol–water partition coefficient (Wildman–Crippen LogP) is 4.58. The molecule has 0 atom stereocenters. The third kappa shape index (κ3) is 4.17. The Labute approximate surface area is 151 Å². The molecular formula is C20H21F2N3O. The number of aromatic nitrogens is 1. The minimum Gasteiger partial charge on any atom is -0.348 e. The van der Waals surface area contributed by atoms with Crippen molar-refractivity contribution in [3.63, 3.8) is 0 Å². The van der Waals surface area contributed by atoms with E-state index >= 15 is 0 Å². The Balaban J connectivity index is 2.34. The number of carbonyl (C=O) groups is 1. The summed E-state index contributed by atoms with van der Waals surface area (Å²) in [5.41, 5.74) is 1.87. The van der Waals surface area contributed by atoms with Crippen molar-refractivity contribution < 1.29 is 13.6 Å². The molecule has 2 aromatic rings. The average molecular weight is 357 g/mol. The summed E-state index contributed by atoms with van der Waals surface area (Å²) in [6.45, 7) is 8.88. The molecule has 1 amide bonds. The molecule has 1 aromatic carbocycles. The van der Waals surface area contributed by atoms with Crippen LogP contribution in [0.2, 0.25) is 0 Å². The molecule has 0 saturated carbocycles. The van der Waals surface area contributed by atoms with Crippen LogP contribution in [0.1, 0.15) is 30.8 Å². The highest BCUT2D eigenvalue weighted by molar-refractivity contribution is 6.09. The van der Waals surface area contributed by atoms with Gasteiger partial charge in [-0.2, -0.15) is 5.26 Å². The highest BCUT2D eigenvalue weighted by Gasteiger charge is 2.17. The molecule has 0 bridgehead atoms. The minimum atomic E-state index is -0.897. The van der Waals surface area contributed by atoms with Gasteiger partial charge in [-0.3, -0.25) is 4.79 Å². The van der Waals surface area contributed by atoms with Crippen LogP contribution in [0.3, 0.4) is 0 Å². The van der Waals surface area contributed by atoms with Crippen LogP contribution in [0.25, 0.3) is 6.08 Å². The molecular weight excluding hydrogens is 336 g/mol. The van der Waals surface area contributed by atoms with Crippen molar-refractivity contribution in [3.05, 3.63) is 58.4 Å². The summed E-state index contributed by atoms with van der Waals surface area (Å²) in [5, 5.41) is 11.4. The van der Waals surface area contributed by atoms with Crippen LogP contribution in [0.5, 0.6) is 0 Å². The Morgan fingerprint density at radius 1 is 1.31 bits per heavy atom. The summed E-state index contributed by atoms with van der Waals surface area (Å²) in [7, 11) is 0. The van der Waals surface area contributed by atoms with Gasteiger partial charge >= 0.3 is 0 Å². The summed E-state index contributed by atoms with van der Waals surface area (Å²) in [6.07, 6.45) is 1.44. The van der Waals surface area contributed by atoms with Gasteiger partial charge in [0.25, 0.3) is 5.91 Å². The van der Waals surface area contributed by atoms with Crippen LogP contribution in [0.15, 0.2) is 29.8 Å². The summed E-state index contributed by atoms with van der Waals surface area (Å²) in [4.78, 5) is 12.3. The van der Waals surface area contributed by atoms with E-state index in [-0.39, 0.29) is 5.57 Å². The minimum absolute atomic E-state index is 0.225. The Morgan fingerprint density at radius 3 is 2.46 bits per heavy atom. The van der Waals surface area contributed by atoms with E-state index in [1.165, 1.54) is 12.1 Å². The molecule has 0 unspecified atom stereocenters. The highest BCUT2D eigenvalue weighted by Crippen LogP contribution is 2.22. The van der Waals surface area contributed by atoms with Gasteiger partial charge in [0, 0.05) is 17.9 Å². The van der Waals surface area contributed by atoms with Gasteiger partial charge in [-0.25, -0.2) is 8.78 Å². The number of rotatable bonds is 5. The molecule has 0 radical (unpaired) electrons. The van der Waals surface area contributed by atoms with Gasteiger partial charge in [0.15, 0.2) is 0 Å². The van der Waals surface area contributed by atoms with E-state index in [0.717, 1.165) is 35.6 Å². The first-order chi connectivity index (χ1) is 12.2. The van der Waals surface area contributed by atoms with Gasteiger partial charge in [-0.15, -0.1) is 0 Å². The number of hydrogen-bond donors (Lipinski definition) is 1. The average Bonchev–Trinajstić information content (AvgIpc) is 2.83. The van der Waals surface area contributed by atoms with Crippen molar-refractivity contribution in [3.8, 4) is 6.07 Å². The van der Waals surface area contributed by atoms with Crippen molar-refractivity contribution in [1.82, 2.24) is 4.57 Å². The van der Waals surface area contributed by atoms with Crippen molar-refractivity contribution in [2.45, 2.75) is 34.2 Å². The monoisotopic (exact) mass is 357 g/mol. The number of anilines is 1. The fourth-order valence-corrected chi connectivity index (χ4v) is 2.72. The second-order valence-corrected chi connectivity index (χ2v) is 6.55. The largest absolute Gasteiger partial charge is 0.348 e. The first-order valence-electron chi connectivity index (χ1n) is 8.28. The maximum Gasteiger partial charge on any atom is 0.266 e. The van der Waals surface area contributed by atoms with Gasteiger partial charge in [0.1, 0.15) is 29.0 Å². The van der Waals surface area contributed by atoms with E-state index in [0.29, 0.717) is 5.92 Å². The third-order valence-electron chi connectivity index (χ3n) is 4.03. The van der Waals surface area contributed by atoms with Crippen LogP contribution < -0.4 is 5.32 Å². The zero-order valence-electron chi connectivity index (χ0n) is 15.2. The Hall–Kier alpha value is -2.94. The van der Waals surface area contributed by atoms with Crippen LogP contribution in [0.4, 0.5) is 14.5 Å². The highest BCUT2D eigenvalue weighted by atomic mass is 19.1. The fourth-order valence-electron chi connectivity index (χ4n) is 2.72. The molecule has 136 valence electrons. The molecule has 0 fully saturated rings. The molecule has 26 heavy (non-hydrogen) atoms. The number of nitrogens with one attached hydrogen (secondary N) is 1. The van der Waals surface area contributed by atoms with E-state index < -0.39 is 23.2 Å². The number of para-hydroxylation sites is 1. The topological polar surface area (TPSA) is 57.8 Å². The van der Waals surface area contributed by atoms with Crippen molar-refractivity contribution in [2.24, 2.45) is 5.92 Å². The molecule has 2 rings (SSSR count). The molecule has 6 heteroatoms. The Bertz CT molecular complexity index is 884. The zero-order valence-corrected chi connectivity index (χ0v) is 15.2. The van der Waals surface area contributed by atoms with Gasteiger partial charge in [0.2, 0.25) is 0 Å². The van der Waals surface area contributed by atoms with Gasteiger partial charge in [0.05, 0.1) is 0 Å². The van der Waals surface area contributed by atoms with Crippen LogP contribution in [-0.4, -0.2) is 10.5 Å². The van der Waals surface area contributed by atoms with E-state index in [2.05, 4.69) is 23.7 Å². The molecule has 0 aliphatic rings. The molecule has 1 N–H and O–H groups in total. The summed E-state index contributed by atoms with van der Waals surface area (Å²) in [5.74, 6) is -2.21. The summed E-state index contributed by atoms with van der Waals surface area (Å²) in [6, 6.07) is 6.95. The molecule has 1 heterocycles. The number of carbonyl (C=O) groups excluding carboxylic acids is 1. The van der Waals surface area contributed by atoms with Crippen LogP contribution in [-0.2, 0) is 11.3 Å². The second kappa shape index (κ2) is 7.96. The normalized spacial score (nSPS) is 11.5. The second-order valence-electron chi connectivity index (χ2n) is 6.55. The number of nitriles is 1. The van der Waals surface area contributed by atoms with Crippen molar-refractivity contribution in [1.29, 1.82) is 5.26 Å². The molecule has 0 saturated heterocycles. The molecule has 4 nitrogen and oxygen atoms in total. The predicted molar refractivity (Wildman–Crippen MR) is 97.3 cm³/mol. The van der Waals surface area contributed by atoms with Crippen molar-refractivity contribution in [2.75, 3.05) is 5.32 Å². The number of benzene rings is 1. The zero-order chi connectivity index (χ0) is 19.4. The molecule has 0 aliphatic carbocycles. The standard InChI is InChI=1S/C20H21F2N3O/c1-12(2)11-25-13(3)8-15(14(25)4)9-16(10-23)20(26)24-19-17(21)6-5-7-18(19)22/h5-9,12H,11H2,1-4H3,(H,24,26)/b16-9+. The fraction of sp³-hybridized carbons (Fsp3) is 0.300. The smallest absolute Gasteiger partial charge is 0.266 e. The van der Waals surface area contributed by atoms with E-state index in [9.17, 15) is 18.8 Å². The summed E-state index contributed by atoms with van der Waals surface area (Å²) >= 11 is 0. The van der Waals surface area contributed by atoms with E-state index in [1.54, 1.807) is 6.07 Å². The van der Waals surface area contributed by atoms with Gasteiger partial charge < -0.3 is 9.88 Å². The number of aryl methyl sites for hydroxylation is 1. The SMILES string of the molecule is Cc1cc(/C=C(\C#N)C(=O)Nc2c(F)cccc2F)c(C)n1CC(C)C.